The lowest BCUT2D eigenvalue weighted by Crippen LogP contribution is -2.04. The zero-order chi connectivity index (χ0) is 14.1. The lowest BCUT2D eigenvalue weighted by Gasteiger charge is -2.07. The van der Waals surface area contributed by atoms with Gasteiger partial charge in [-0.05, 0) is 25.1 Å². The van der Waals surface area contributed by atoms with Gasteiger partial charge >= 0.3 is 0 Å². The first-order valence-electron chi connectivity index (χ1n) is 6.12. The fraction of sp³-hybridized carbons (Fsp3) is 0.143. The number of hydrogen-bond donors (Lipinski definition) is 1. The number of hydrogen-bond acceptors (Lipinski definition) is 3. The zero-order valence-corrected chi connectivity index (χ0v) is 10.8. The number of fused-ring (bicyclic) bond motifs is 1. The molecule has 102 valence electrons. The molecule has 0 aliphatic rings. The summed E-state index contributed by atoms with van der Waals surface area (Å²) in [7, 11) is 0. The Hall–Kier alpha value is -2.50. The van der Waals surface area contributed by atoms with E-state index in [1.165, 1.54) is 0 Å². The van der Waals surface area contributed by atoms with Crippen LogP contribution in [-0.2, 0) is 6.54 Å². The summed E-state index contributed by atoms with van der Waals surface area (Å²) in [6, 6.07) is 5.17. The van der Waals surface area contributed by atoms with E-state index in [0.717, 1.165) is 35.1 Å². The van der Waals surface area contributed by atoms with Crippen LogP contribution in [0.3, 0.4) is 0 Å². The maximum Gasteiger partial charge on any atom is 0.155 e. The van der Waals surface area contributed by atoms with Crippen LogP contribution in [0.15, 0.2) is 36.7 Å². The molecule has 4 nitrogen and oxygen atoms in total. The van der Waals surface area contributed by atoms with Crippen molar-refractivity contribution < 1.29 is 8.78 Å². The van der Waals surface area contributed by atoms with Gasteiger partial charge in [-0.3, -0.25) is 0 Å². The molecule has 0 saturated carbocycles. The summed E-state index contributed by atoms with van der Waals surface area (Å²) in [4.78, 5) is 4.25. The van der Waals surface area contributed by atoms with Gasteiger partial charge in [0, 0.05) is 30.6 Å². The zero-order valence-electron chi connectivity index (χ0n) is 10.8. The number of nitrogens with one attached hydrogen (secondary N) is 1. The molecule has 0 bridgehead atoms. The molecule has 2 aromatic heterocycles. The number of benzene rings is 1. The Bertz CT molecular complexity index is 767. The fourth-order valence-electron chi connectivity index (χ4n) is 1.96. The van der Waals surface area contributed by atoms with E-state index < -0.39 is 11.6 Å². The number of rotatable bonds is 3. The number of aromatic nitrogens is 3. The Kier molecular flexibility index (Phi) is 3.06. The van der Waals surface area contributed by atoms with Crippen LogP contribution in [0, 0.1) is 18.6 Å². The van der Waals surface area contributed by atoms with Gasteiger partial charge in [0.2, 0.25) is 0 Å². The summed E-state index contributed by atoms with van der Waals surface area (Å²) < 4.78 is 28.2. The minimum absolute atomic E-state index is 0.127. The van der Waals surface area contributed by atoms with E-state index in [1.807, 2.05) is 13.0 Å². The van der Waals surface area contributed by atoms with Gasteiger partial charge in [0.15, 0.2) is 5.65 Å². The minimum Gasteiger partial charge on any atom is -0.378 e. The van der Waals surface area contributed by atoms with Crippen LogP contribution >= 0.6 is 0 Å². The summed E-state index contributed by atoms with van der Waals surface area (Å²) in [6.45, 7) is 2.22. The molecule has 0 aliphatic heterocycles. The average molecular weight is 274 g/mol. The molecule has 0 spiro atoms. The molecule has 0 fully saturated rings. The summed E-state index contributed by atoms with van der Waals surface area (Å²) >= 11 is 0. The number of halogens is 2. The SMILES string of the molecule is Cc1cc2ncc(CNc3cc(F)ccc3F)cn2n1. The molecule has 0 atom stereocenters. The van der Waals surface area contributed by atoms with Crippen LogP contribution < -0.4 is 5.32 Å². The Morgan fingerprint density at radius 2 is 2.10 bits per heavy atom. The second kappa shape index (κ2) is 4.88. The summed E-state index contributed by atoms with van der Waals surface area (Å²) in [5, 5.41) is 7.10. The molecule has 0 unspecified atom stereocenters. The molecule has 2 heterocycles. The average Bonchev–Trinajstić information content (AvgIpc) is 2.79. The molecule has 0 amide bonds. The Morgan fingerprint density at radius 1 is 1.25 bits per heavy atom. The molecule has 3 aromatic rings. The van der Waals surface area contributed by atoms with Crippen molar-refractivity contribution >= 4 is 11.3 Å². The molecule has 0 aliphatic carbocycles. The van der Waals surface area contributed by atoms with Gasteiger partial charge in [-0.25, -0.2) is 18.3 Å². The first kappa shape index (κ1) is 12.5. The molecule has 0 radical (unpaired) electrons. The third kappa shape index (κ3) is 2.45. The third-order valence-electron chi connectivity index (χ3n) is 2.90. The predicted molar refractivity (Wildman–Crippen MR) is 71.4 cm³/mol. The quantitative estimate of drug-likeness (QED) is 0.798. The molecular formula is C14H12F2N4. The van der Waals surface area contributed by atoms with Crippen molar-refractivity contribution in [1.29, 1.82) is 0 Å². The van der Waals surface area contributed by atoms with E-state index in [4.69, 9.17) is 0 Å². The number of aryl methyl sites for hydroxylation is 1. The maximum atomic E-state index is 13.5. The summed E-state index contributed by atoms with van der Waals surface area (Å²) in [5.74, 6) is -0.972. The predicted octanol–water partition coefficient (Wildman–Crippen LogP) is 2.93. The second-order valence-corrected chi connectivity index (χ2v) is 4.53. The molecular weight excluding hydrogens is 262 g/mol. The van der Waals surface area contributed by atoms with E-state index in [0.29, 0.717) is 6.54 Å². The lowest BCUT2D eigenvalue weighted by atomic mass is 10.2. The molecule has 6 heteroatoms. The van der Waals surface area contributed by atoms with Crippen LogP contribution in [0.1, 0.15) is 11.3 Å². The van der Waals surface area contributed by atoms with E-state index in [9.17, 15) is 8.78 Å². The fourth-order valence-corrected chi connectivity index (χ4v) is 1.96. The van der Waals surface area contributed by atoms with Crippen LogP contribution in [-0.4, -0.2) is 14.6 Å². The molecule has 3 rings (SSSR count). The topological polar surface area (TPSA) is 42.2 Å². The van der Waals surface area contributed by atoms with Crippen LogP contribution in [0.25, 0.3) is 5.65 Å². The van der Waals surface area contributed by atoms with Gasteiger partial charge in [0.05, 0.1) is 11.4 Å². The highest BCUT2D eigenvalue weighted by Gasteiger charge is 2.05. The van der Waals surface area contributed by atoms with Gasteiger partial charge in [0.25, 0.3) is 0 Å². The second-order valence-electron chi connectivity index (χ2n) is 4.53. The van der Waals surface area contributed by atoms with E-state index in [1.54, 1.807) is 16.9 Å². The minimum atomic E-state index is -0.490. The van der Waals surface area contributed by atoms with E-state index >= 15 is 0 Å². The number of anilines is 1. The maximum absolute atomic E-state index is 13.5. The molecule has 20 heavy (non-hydrogen) atoms. The van der Waals surface area contributed by atoms with Crippen LogP contribution in [0.2, 0.25) is 0 Å². The molecule has 0 saturated heterocycles. The largest absolute Gasteiger partial charge is 0.378 e. The van der Waals surface area contributed by atoms with Crippen molar-refractivity contribution in [3.63, 3.8) is 0 Å². The standard InChI is InChI=1S/C14H12F2N4/c1-9-4-14-18-7-10(8-20(14)19-9)6-17-13-5-11(15)2-3-12(13)16/h2-5,7-8,17H,6H2,1H3. The van der Waals surface area contributed by atoms with Gasteiger partial charge in [-0.15, -0.1) is 0 Å². The van der Waals surface area contributed by atoms with Crippen molar-refractivity contribution in [1.82, 2.24) is 14.6 Å². The van der Waals surface area contributed by atoms with Gasteiger partial charge in [-0.2, -0.15) is 5.10 Å². The Morgan fingerprint density at radius 3 is 2.95 bits per heavy atom. The smallest absolute Gasteiger partial charge is 0.155 e. The highest BCUT2D eigenvalue weighted by atomic mass is 19.1. The highest BCUT2D eigenvalue weighted by Crippen LogP contribution is 2.16. The van der Waals surface area contributed by atoms with Crippen LogP contribution in [0.4, 0.5) is 14.5 Å². The molecule has 1 aromatic carbocycles. The normalized spacial score (nSPS) is 10.9. The van der Waals surface area contributed by atoms with Crippen molar-refractivity contribution in [2.24, 2.45) is 0 Å². The van der Waals surface area contributed by atoms with Crippen molar-refractivity contribution in [2.75, 3.05) is 5.32 Å². The van der Waals surface area contributed by atoms with Gasteiger partial charge < -0.3 is 5.32 Å². The Balaban J connectivity index is 1.80. The highest BCUT2D eigenvalue weighted by molar-refractivity contribution is 5.45. The third-order valence-corrected chi connectivity index (χ3v) is 2.90. The van der Waals surface area contributed by atoms with E-state index in [-0.39, 0.29) is 5.69 Å². The van der Waals surface area contributed by atoms with Crippen molar-refractivity contribution in [2.45, 2.75) is 13.5 Å². The first-order chi connectivity index (χ1) is 9.61. The Labute approximate surface area is 114 Å². The molecule has 1 N–H and O–H groups in total. The van der Waals surface area contributed by atoms with Crippen molar-refractivity contribution in [3.8, 4) is 0 Å². The monoisotopic (exact) mass is 274 g/mol. The van der Waals surface area contributed by atoms with E-state index in [2.05, 4.69) is 15.4 Å². The van der Waals surface area contributed by atoms with Gasteiger partial charge in [-0.1, -0.05) is 0 Å². The van der Waals surface area contributed by atoms with Gasteiger partial charge in [0.1, 0.15) is 11.6 Å². The number of nitrogens with zero attached hydrogens (tertiary/aromatic N) is 3. The van der Waals surface area contributed by atoms with Crippen LogP contribution in [0.5, 0.6) is 0 Å². The lowest BCUT2D eigenvalue weighted by molar-refractivity contribution is 0.602. The first-order valence-corrected chi connectivity index (χ1v) is 6.12. The summed E-state index contributed by atoms with van der Waals surface area (Å²) in [6.07, 6.45) is 3.49. The summed E-state index contributed by atoms with van der Waals surface area (Å²) in [5.41, 5.74) is 2.58. The van der Waals surface area contributed by atoms with Crippen molar-refractivity contribution in [3.05, 3.63) is 59.6 Å².